The molecule has 0 aromatic carbocycles. The van der Waals surface area contributed by atoms with Crippen LogP contribution in [0, 0.1) is 22.3 Å². The van der Waals surface area contributed by atoms with Crippen LogP contribution in [0.1, 0.15) is 0 Å². The van der Waals surface area contributed by atoms with E-state index in [-0.39, 0.29) is 156 Å². The standard InChI is InChI=1S/3CH3.3Fe.15H2O/h3*1H3;;;;15*1H2/q3*-1;;;;;;;;;;;;;;;;;;/p-5. The Morgan fingerprint density at radius 1 is 0.190 bits per heavy atom. The Morgan fingerprint density at radius 3 is 0.190 bits per heavy atom. The van der Waals surface area contributed by atoms with Crippen molar-refractivity contribution in [2.75, 3.05) is 0 Å². The van der Waals surface area contributed by atoms with Crippen molar-refractivity contribution in [2.45, 2.75) is 0 Å². The summed E-state index contributed by atoms with van der Waals surface area (Å²) in [5.74, 6) is 0. The van der Waals surface area contributed by atoms with E-state index in [9.17, 15) is 0 Å². The molecule has 0 atom stereocenters. The van der Waals surface area contributed by atoms with E-state index in [0.29, 0.717) is 0 Å². The second-order valence-electron chi connectivity index (χ2n) is 0. The first kappa shape index (κ1) is 10500. The van der Waals surface area contributed by atoms with E-state index >= 15 is 0 Å². The molecule has 0 radical (unpaired) electrons. The van der Waals surface area contributed by atoms with Gasteiger partial charge >= 0.3 is 0 Å². The van der Waals surface area contributed by atoms with Gasteiger partial charge in [0.05, 0.1) is 0 Å². The summed E-state index contributed by atoms with van der Waals surface area (Å²) in [6.07, 6.45) is 0. The molecule has 0 aliphatic carbocycles. The van der Waals surface area contributed by atoms with Crippen molar-refractivity contribution in [3.63, 3.8) is 0 Å². The fourth-order valence-corrected chi connectivity index (χ4v) is 0. The van der Waals surface area contributed by atoms with Crippen LogP contribution in [-0.2, 0) is 51.2 Å². The average Bonchev–Trinajstić information content (AvgIpc) is 0. The zero-order valence-electron chi connectivity index (χ0n) is 11.3. The van der Waals surface area contributed by atoms with Crippen LogP contribution in [0.4, 0.5) is 0 Å². The van der Waals surface area contributed by atoms with E-state index in [1.54, 1.807) is 0 Å². The zero-order chi connectivity index (χ0) is 0. The molecule has 0 fully saturated rings. The maximum atomic E-state index is 0. The first-order valence-corrected chi connectivity index (χ1v) is 0. The van der Waals surface area contributed by atoms with Gasteiger partial charge < -0.3 is 104 Å². The van der Waals surface area contributed by atoms with Crippen molar-refractivity contribution in [3.05, 3.63) is 22.3 Å². The van der Waals surface area contributed by atoms with Gasteiger partial charge in [0.15, 0.2) is 0 Å². The van der Waals surface area contributed by atoms with E-state index in [0.717, 1.165) is 0 Å². The molecule has 18 heteroatoms. The van der Waals surface area contributed by atoms with Crippen LogP contribution >= 0.6 is 0 Å². The van der Waals surface area contributed by atoms with Crippen molar-refractivity contribution >= 4 is 0 Å². The summed E-state index contributed by atoms with van der Waals surface area (Å²) >= 11 is 0. The molecule has 0 bridgehead atoms. The van der Waals surface area contributed by atoms with Gasteiger partial charge in [-0.1, -0.05) is 0 Å². The molecule has 0 amide bonds. The minimum atomic E-state index is 0. The molecule has 0 aliphatic rings. The third-order valence-corrected chi connectivity index (χ3v) is 0. The van der Waals surface area contributed by atoms with E-state index in [2.05, 4.69) is 0 Å². The van der Waals surface area contributed by atoms with E-state index in [4.69, 9.17) is 0 Å². The number of hydrogen-bond donors (Lipinski definition) is 0. The molecule has 25 N–H and O–H groups in total. The van der Waals surface area contributed by atoms with Crippen molar-refractivity contribution in [3.8, 4) is 0 Å². The largest absolute Gasteiger partial charge is 0.870 e. The summed E-state index contributed by atoms with van der Waals surface area (Å²) in [6, 6.07) is 0. The number of rotatable bonds is 0. The molecule has 21 heavy (non-hydrogen) atoms. The third kappa shape index (κ3) is 8200. The quantitative estimate of drug-likeness (QED) is 0.241. The minimum Gasteiger partial charge on any atom is -0.870 e. The summed E-state index contributed by atoms with van der Waals surface area (Å²) in [5.41, 5.74) is 0. The Bertz CT molecular complexity index is 24.1. The SMILES string of the molecule is O.O.O.O.O.O.O.O.O.O.[CH3-].[CH3-].[CH3-].[Fe].[Fe].[Fe].[OH-].[OH-].[OH-].[OH-].[OH-]. The Morgan fingerprint density at radius 2 is 0.190 bits per heavy atom. The molecule has 0 spiro atoms. The Labute approximate surface area is 155 Å². The van der Waals surface area contributed by atoms with Gasteiger partial charge in [0, 0.05) is 51.2 Å². The normalized spacial score (nSPS) is 0. The van der Waals surface area contributed by atoms with E-state index in [1.807, 2.05) is 0 Å². The first-order chi connectivity index (χ1) is 0. The molecule has 15 nitrogen and oxygen atoms in total. The second-order valence-corrected chi connectivity index (χ2v) is 0. The van der Waals surface area contributed by atoms with Crippen molar-refractivity contribution in [2.24, 2.45) is 0 Å². The molecule has 0 rings (SSSR count). The topological polar surface area (TPSA) is 465 Å². The predicted octanol–water partition coefficient (Wildman–Crippen LogP) is -7.79. The van der Waals surface area contributed by atoms with Gasteiger partial charge in [-0.2, -0.15) is 0 Å². The molecule has 0 saturated heterocycles. The average molecular weight is 478 g/mol. The minimum absolute atomic E-state index is 0. The fraction of sp³-hybridized carbons (Fsp3) is 0. The third-order valence-electron chi connectivity index (χ3n) is 0. The smallest absolute Gasteiger partial charge is 0 e. The zero-order valence-corrected chi connectivity index (χ0v) is 14.6. The molecule has 0 saturated carbocycles. The van der Waals surface area contributed by atoms with Crippen LogP contribution < -0.4 is 0 Å². The molecule has 0 aliphatic heterocycles. The van der Waals surface area contributed by atoms with Gasteiger partial charge in [-0.05, 0) is 0 Å². The van der Waals surface area contributed by atoms with Gasteiger partial charge in [0.1, 0.15) is 0 Å². The van der Waals surface area contributed by atoms with Crippen LogP contribution in [0.25, 0.3) is 0 Å². The molecule has 0 aromatic heterocycles. The van der Waals surface area contributed by atoms with Gasteiger partial charge in [-0.3, -0.25) is 0 Å². The van der Waals surface area contributed by atoms with Crippen molar-refractivity contribution in [1.82, 2.24) is 0 Å². The first-order valence-electron chi connectivity index (χ1n) is 0. The Balaban J connectivity index is 0. The predicted molar refractivity (Wildman–Crippen MR) is 65.1 cm³/mol. The van der Waals surface area contributed by atoms with Gasteiger partial charge in [-0.25, -0.2) is 0 Å². The summed E-state index contributed by atoms with van der Waals surface area (Å²) in [5, 5.41) is 0. The monoisotopic (exact) mass is 478 g/mol. The maximum Gasteiger partial charge on any atom is 0 e. The summed E-state index contributed by atoms with van der Waals surface area (Å²) < 4.78 is 0. The molecule has 168 valence electrons. The molecule has 0 unspecified atom stereocenters. The van der Waals surface area contributed by atoms with E-state index in [1.165, 1.54) is 0 Å². The van der Waals surface area contributed by atoms with Crippen LogP contribution in [0.3, 0.4) is 0 Å². The second kappa shape index (κ2) is 9090. The molecular formula is C3H34Fe3O15-8. The molecular weight excluding hydrogens is 444 g/mol. The van der Waals surface area contributed by atoms with Crippen LogP contribution in [0.2, 0.25) is 0 Å². The van der Waals surface area contributed by atoms with Crippen molar-refractivity contribution in [1.29, 1.82) is 0 Å². The van der Waals surface area contributed by atoms with Gasteiger partial charge in [-0.15, -0.1) is 0 Å². The Kier molecular flexibility index (Phi) is 4540000. The van der Waals surface area contributed by atoms with Crippen LogP contribution in [-0.4, -0.2) is 82.1 Å². The van der Waals surface area contributed by atoms with E-state index < -0.39 is 0 Å². The maximum absolute atomic E-state index is 0. The fourth-order valence-electron chi connectivity index (χ4n) is 0. The summed E-state index contributed by atoms with van der Waals surface area (Å²) in [7, 11) is 0. The summed E-state index contributed by atoms with van der Waals surface area (Å²) in [6.45, 7) is 0. The van der Waals surface area contributed by atoms with Crippen LogP contribution in [0.15, 0.2) is 0 Å². The molecule has 0 aromatic rings. The van der Waals surface area contributed by atoms with Crippen molar-refractivity contribution < 1.29 is 133 Å². The van der Waals surface area contributed by atoms with Gasteiger partial charge in [0.25, 0.3) is 0 Å². The molecule has 0 heterocycles. The van der Waals surface area contributed by atoms with Crippen LogP contribution in [0.5, 0.6) is 0 Å². The number of hydrogen-bond acceptors (Lipinski definition) is 5. The summed E-state index contributed by atoms with van der Waals surface area (Å²) in [4.78, 5) is 0. The Hall–Kier alpha value is 0.958. The van der Waals surface area contributed by atoms with Gasteiger partial charge in [0.2, 0.25) is 0 Å².